The smallest absolute Gasteiger partial charge is 0.338 e. The van der Waals surface area contributed by atoms with Gasteiger partial charge in [0.2, 0.25) is 0 Å². The average Bonchev–Trinajstić information content (AvgIpc) is 3.48. The molecule has 0 fully saturated rings. The lowest BCUT2D eigenvalue weighted by atomic mass is 9.96. The number of allylic oxidation sites excluding steroid dienone is 1. The van der Waals surface area contributed by atoms with E-state index in [0.717, 1.165) is 5.56 Å². The summed E-state index contributed by atoms with van der Waals surface area (Å²) < 4.78 is 13.1. The SMILES string of the molecule is CCOC(=O)C1=C(C)N=c2s/c(=C\c3ccc(-c4ccc(Cl)c(C(=O)O)c4)o3)c(=O)n2[C@H]1c1ccccc1. The first-order valence-electron chi connectivity index (χ1n) is 11.7. The number of furan rings is 1. The Balaban J connectivity index is 1.61. The summed E-state index contributed by atoms with van der Waals surface area (Å²) in [5, 5.41) is 9.48. The number of nitrogens with zero attached hydrogens (tertiary/aromatic N) is 2. The minimum Gasteiger partial charge on any atom is -0.478 e. The Morgan fingerprint density at radius 2 is 1.95 bits per heavy atom. The molecule has 3 heterocycles. The minimum atomic E-state index is -1.14. The second kappa shape index (κ2) is 10.3. The van der Waals surface area contributed by atoms with Crippen molar-refractivity contribution in [1.82, 2.24) is 4.57 Å². The summed E-state index contributed by atoms with van der Waals surface area (Å²) in [7, 11) is 0. The highest BCUT2D eigenvalue weighted by atomic mass is 35.5. The number of hydrogen-bond acceptors (Lipinski definition) is 7. The third-order valence-corrected chi connectivity index (χ3v) is 7.33. The van der Waals surface area contributed by atoms with E-state index in [1.165, 1.54) is 28.0 Å². The Kier molecular flexibility index (Phi) is 6.88. The fraction of sp³-hybridized carbons (Fsp3) is 0.143. The lowest BCUT2D eigenvalue weighted by Crippen LogP contribution is -2.39. The molecule has 2 aromatic heterocycles. The number of esters is 1. The van der Waals surface area contributed by atoms with Crippen molar-refractivity contribution in [2.45, 2.75) is 19.9 Å². The van der Waals surface area contributed by atoms with Crippen molar-refractivity contribution in [2.75, 3.05) is 6.61 Å². The monoisotopic (exact) mass is 548 g/mol. The van der Waals surface area contributed by atoms with Crippen molar-refractivity contribution >= 4 is 41.0 Å². The van der Waals surface area contributed by atoms with Crippen LogP contribution in [0.25, 0.3) is 17.4 Å². The number of carbonyl (C=O) groups excluding carboxylic acids is 1. The van der Waals surface area contributed by atoms with Gasteiger partial charge in [-0.3, -0.25) is 9.36 Å². The molecule has 0 spiro atoms. The molecule has 1 aliphatic rings. The number of aromatic carboxylic acids is 1. The van der Waals surface area contributed by atoms with Gasteiger partial charge >= 0.3 is 11.9 Å². The zero-order chi connectivity index (χ0) is 27.0. The van der Waals surface area contributed by atoms with Gasteiger partial charge in [0, 0.05) is 11.6 Å². The van der Waals surface area contributed by atoms with E-state index in [9.17, 15) is 19.5 Å². The van der Waals surface area contributed by atoms with Crippen LogP contribution in [0.15, 0.2) is 86.1 Å². The van der Waals surface area contributed by atoms with E-state index in [0.29, 0.717) is 37.7 Å². The molecule has 10 heteroatoms. The van der Waals surface area contributed by atoms with E-state index in [2.05, 4.69) is 4.99 Å². The van der Waals surface area contributed by atoms with Crippen molar-refractivity contribution in [1.29, 1.82) is 0 Å². The van der Waals surface area contributed by atoms with Gasteiger partial charge in [0.25, 0.3) is 5.56 Å². The van der Waals surface area contributed by atoms with Gasteiger partial charge in [-0.15, -0.1) is 0 Å². The molecule has 192 valence electrons. The molecular weight excluding hydrogens is 528 g/mol. The number of hydrogen-bond donors (Lipinski definition) is 1. The molecule has 2 aromatic carbocycles. The molecule has 4 aromatic rings. The Labute approximate surface area is 225 Å². The summed E-state index contributed by atoms with van der Waals surface area (Å²) >= 11 is 7.16. The second-order valence-electron chi connectivity index (χ2n) is 8.41. The van der Waals surface area contributed by atoms with Crippen LogP contribution in [0.3, 0.4) is 0 Å². The second-order valence-corrected chi connectivity index (χ2v) is 9.83. The molecule has 5 rings (SSSR count). The van der Waals surface area contributed by atoms with Crippen LogP contribution in [-0.4, -0.2) is 28.2 Å². The molecule has 0 unspecified atom stereocenters. The standard InChI is InChI=1S/C28H21ClN2O6S/c1-3-36-27(35)23-15(2)30-28-31(24(23)16-7-5-4-6-8-16)25(32)22(38-28)14-18-10-12-21(37-18)17-9-11-20(29)19(13-17)26(33)34/h4-14,24H,3H2,1-2H3,(H,33,34)/b22-14-/t24-/m0/s1. The van der Waals surface area contributed by atoms with E-state index in [-0.39, 0.29) is 22.8 Å². The molecule has 0 saturated heterocycles. The van der Waals surface area contributed by atoms with E-state index in [1.54, 1.807) is 38.1 Å². The largest absolute Gasteiger partial charge is 0.478 e. The van der Waals surface area contributed by atoms with Gasteiger partial charge in [-0.2, -0.15) is 0 Å². The maximum Gasteiger partial charge on any atom is 0.338 e. The molecule has 0 bridgehead atoms. The highest BCUT2D eigenvalue weighted by molar-refractivity contribution is 7.07. The molecule has 0 radical (unpaired) electrons. The van der Waals surface area contributed by atoms with Crippen LogP contribution >= 0.6 is 22.9 Å². The summed E-state index contributed by atoms with van der Waals surface area (Å²) in [6.07, 6.45) is 1.60. The molecule has 0 aliphatic carbocycles. The van der Waals surface area contributed by atoms with Crippen molar-refractivity contribution < 1.29 is 23.8 Å². The van der Waals surface area contributed by atoms with E-state index < -0.39 is 18.0 Å². The highest BCUT2D eigenvalue weighted by Gasteiger charge is 2.33. The Morgan fingerprint density at radius 3 is 2.66 bits per heavy atom. The first-order chi connectivity index (χ1) is 18.3. The maximum absolute atomic E-state index is 13.7. The van der Waals surface area contributed by atoms with E-state index in [4.69, 9.17) is 20.8 Å². The molecule has 1 N–H and O–H groups in total. The molecule has 38 heavy (non-hydrogen) atoms. The Bertz CT molecular complexity index is 1780. The van der Waals surface area contributed by atoms with Gasteiger partial charge < -0.3 is 14.3 Å². The van der Waals surface area contributed by atoms with Crippen LogP contribution in [0.5, 0.6) is 0 Å². The summed E-state index contributed by atoms with van der Waals surface area (Å²) in [6.45, 7) is 3.66. The first-order valence-corrected chi connectivity index (χ1v) is 12.9. The number of ether oxygens (including phenoxy) is 1. The predicted octanol–water partition coefficient (Wildman–Crippen LogP) is 4.41. The fourth-order valence-electron chi connectivity index (χ4n) is 4.30. The molecule has 0 saturated carbocycles. The van der Waals surface area contributed by atoms with Crippen molar-refractivity contribution in [3.05, 3.63) is 114 Å². The zero-order valence-electron chi connectivity index (χ0n) is 20.3. The number of carboxylic acids is 1. The summed E-state index contributed by atoms with van der Waals surface area (Å²) in [5.41, 5.74) is 1.73. The highest BCUT2D eigenvalue weighted by Crippen LogP contribution is 2.31. The minimum absolute atomic E-state index is 0.0379. The number of fused-ring (bicyclic) bond motifs is 1. The number of benzene rings is 2. The van der Waals surface area contributed by atoms with Gasteiger partial charge in [0.05, 0.1) is 39.0 Å². The van der Waals surface area contributed by atoms with Crippen LogP contribution in [0.1, 0.15) is 41.6 Å². The van der Waals surface area contributed by atoms with Crippen LogP contribution in [0.4, 0.5) is 0 Å². The lowest BCUT2D eigenvalue weighted by Gasteiger charge is -2.24. The first kappa shape index (κ1) is 25.4. The summed E-state index contributed by atoms with van der Waals surface area (Å²) in [5.74, 6) is -0.841. The molecule has 0 amide bonds. The van der Waals surface area contributed by atoms with E-state index >= 15 is 0 Å². The predicted molar refractivity (Wildman–Crippen MR) is 143 cm³/mol. The van der Waals surface area contributed by atoms with Crippen molar-refractivity contribution in [3.63, 3.8) is 0 Å². The third kappa shape index (κ3) is 4.62. The van der Waals surface area contributed by atoms with Crippen LogP contribution in [-0.2, 0) is 9.53 Å². The van der Waals surface area contributed by atoms with Gasteiger partial charge in [-0.25, -0.2) is 14.6 Å². The van der Waals surface area contributed by atoms with Gasteiger partial charge in [0.15, 0.2) is 4.80 Å². The maximum atomic E-state index is 13.7. The van der Waals surface area contributed by atoms with Gasteiger partial charge in [0.1, 0.15) is 11.5 Å². The molecule has 1 aliphatic heterocycles. The number of carbonyl (C=O) groups is 2. The van der Waals surface area contributed by atoms with Gasteiger partial charge in [-0.1, -0.05) is 53.3 Å². The Hall–Kier alpha value is -4.21. The number of thiazole rings is 1. The fourth-order valence-corrected chi connectivity index (χ4v) is 5.52. The molecule has 1 atom stereocenters. The number of halogens is 1. The third-order valence-electron chi connectivity index (χ3n) is 6.01. The van der Waals surface area contributed by atoms with Gasteiger partial charge in [-0.05, 0) is 49.7 Å². The Morgan fingerprint density at radius 1 is 1.18 bits per heavy atom. The van der Waals surface area contributed by atoms with E-state index in [1.807, 2.05) is 30.3 Å². The molecule has 8 nitrogen and oxygen atoms in total. The van der Waals surface area contributed by atoms with Crippen LogP contribution in [0.2, 0.25) is 5.02 Å². The summed E-state index contributed by atoms with van der Waals surface area (Å²) in [4.78, 5) is 43.0. The number of aromatic nitrogens is 1. The van der Waals surface area contributed by atoms with Crippen LogP contribution < -0.4 is 14.9 Å². The lowest BCUT2D eigenvalue weighted by molar-refractivity contribution is -0.139. The van der Waals surface area contributed by atoms with Crippen LogP contribution in [0, 0.1) is 0 Å². The zero-order valence-corrected chi connectivity index (χ0v) is 21.9. The topological polar surface area (TPSA) is 111 Å². The normalized spacial score (nSPS) is 15.2. The molecular formula is C28H21ClN2O6S. The van der Waals surface area contributed by atoms with Crippen molar-refractivity contribution in [2.24, 2.45) is 4.99 Å². The average molecular weight is 549 g/mol. The number of carboxylic acid groups (broad SMARTS) is 1. The quantitative estimate of drug-likeness (QED) is 0.357. The summed E-state index contributed by atoms with van der Waals surface area (Å²) in [6, 6.07) is 16.5. The number of rotatable bonds is 6. The van der Waals surface area contributed by atoms with Crippen molar-refractivity contribution in [3.8, 4) is 11.3 Å².